The zero-order valence-electron chi connectivity index (χ0n) is 10.2. The first-order chi connectivity index (χ1) is 9.38. The molecule has 0 atom stereocenters. The van der Waals surface area contributed by atoms with Gasteiger partial charge in [-0.25, -0.2) is 0 Å². The lowest BCUT2D eigenvalue weighted by Gasteiger charge is -2.07. The molecule has 0 unspecified atom stereocenters. The summed E-state index contributed by atoms with van der Waals surface area (Å²) in [6.07, 6.45) is 0.755. The molecule has 0 amide bonds. The van der Waals surface area contributed by atoms with Crippen LogP contribution in [0.15, 0.2) is 48.5 Å². The fraction of sp³-hybridized carbons (Fsp3) is 0.0667. The number of aldehydes is 1. The summed E-state index contributed by atoms with van der Waals surface area (Å²) < 4.78 is 5.79. The average molecular weight is 252 g/mol. The van der Waals surface area contributed by atoms with Crippen LogP contribution in [0.2, 0.25) is 0 Å². The number of aromatic nitrogens is 2. The van der Waals surface area contributed by atoms with E-state index in [0.717, 1.165) is 22.8 Å². The molecular formula is C15H12N2O2. The lowest BCUT2D eigenvalue weighted by atomic mass is 10.2. The van der Waals surface area contributed by atoms with Crippen molar-refractivity contribution >= 4 is 17.2 Å². The number of carbonyl (C=O) groups is 1. The molecular weight excluding hydrogens is 240 g/mol. The Morgan fingerprint density at radius 2 is 1.95 bits per heavy atom. The van der Waals surface area contributed by atoms with E-state index in [4.69, 9.17) is 4.74 Å². The molecule has 1 N–H and O–H groups in total. The fourth-order valence-electron chi connectivity index (χ4n) is 2.00. The number of nitrogens with one attached hydrogen (secondary N) is 1. The van der Waals surface area contributed by atoms with Crippen LogP contribution in [-0.2, 0) is 6.61 Å². The Morgan fingerprint density at radius 3 is 2.74 bits per heavy atom. The van der Waals surface area contributed by atoms with Crippen molar-refractivity contribution < 1.29 is 9.53 Å². The van der Waals surface area contributed by atoms with Crippen LogP contribution in [0.25, 0.3) is 10.9 Å². The number of fused-ring (bicyclic) bond motifs is 1. The highest BCUT2D eigenvalue weighted by Gasteiger charge is 2.10. The second-order valence-electron chi connectivity index (χ2n) is 4.18. The van der Waals surface area contributed by atoms with E-state index in [1.54, 1.807) is 0 Å². The summed E-state index contributed by atoms with van der Waals surface area (Å²) in [7, 11) is 0. The van der Waals surface area contributed by atoms with Crippen molar-refractivity contribution in [2.45, 2.75) is 6.61 Å². The third-order valence-electron chi connectivity index (χ3n) is 2.93. The van der Waals surface area contributed by atoms with Crippen molar-refractivity contribution in [2.24, 2.45) is 0 Å². The number of ether oxygens (including phenoxy) is 1. The Bertz CT molecular complexity index is 704. The molecule has 0 radical (unpaired) electrons. The fourth-order valence-corrected chi connectivity index (χ4v) is 2.00. The predicted molar refractivity (Wildman–Crippen MR) is 72.3 cm³/mol. The van der Waals surface area contributed by atoms with Crippen LogP contribution in [0.5, 0.6) is 5.75 Å². The minimum absolute atomic E-state index is 0.443. The maximum Gasteiger partial charge on any atom is 0.168 e. The van der Waals surface area contributed by atoms with Crippen LogP contribution >= 0.6 is 0 Å². The number of hydrogen-bond acceptors (Lipinski definition) is 3. The SMILES string of the molecule is O=Cc1[nH]nc2cccc(OCc3ccccc3)c12. The summed E-state index contributed by atoms with van der Waals surface area (Å²) in [6, 6.07) is 15.4. The molecule has 0 saturated heterocycles. The number of carbonyl (C=O) groups excluding carboxylic acids is 1. The highest BCUT2D eigenvalue weighted by atomic mass is 16.5. The van der Waals surface area contributed by atoms with E-state index < -0.39 is 0 Å². The number of H-pyrrole nitrogens is 1. The Morgan fingerprint density at radius 1 is 1.11 bits per heavy atom. The van der Waals surface area contributed by atoms with Gasteiger partial charge in [-0.15, -0.1) is 0 Å². The summed E-state index contributed by atoms with van der Waals surface area (Å²) >= 11 is 0. The van der Waals surface area contributed by atoms with E-state index >= 15 is 0 Å². The standard InChI is InChI=1S/C15H12N2O2/c18-9-13-15-12(16-17-13)7-4-8-14(15)19-10-11-5-2-1-3-6-11/h1-9H,10H2,(H,16,17). The maximum atomic E-state index is 11.0. The van der Waals surface area contributed by atoms with E-state index in [-0.39, 0.29) is 0 Å². The van der Waals surface area contributed by atoms with Crippen LogP contribution in [0.4, 0.5) is 0 Å². The first kappa shape index (κ1) is 11.5. The summed E-state index contributed by atoms with van der Waals surface area (Å²) in [4.78, 5) is 11.0. The van der Waals surface area contributed by atoms with Gasteiger partial charge in [-0.3, -0.25) is 9.89 Å². The molecule has 1 aromatic heterocycles. The maximum absolute atomic E-state index is 11.0. The van der Waals surface area contributed by atoms with Gasteiger partial charge in [0.1, 0.15) is 18.1 Å². The van der Waals surface area contributed by atoms with E-state index in [0.29, 0.717) is 18.1 Å². The number of aromatic amines is 1. The van der Waals surface area contributed by atoms with Gasteiger partial charge in [0.15, 0.2) is 6.29 Å². The molecule has 94 valence electrons. The average Bonchev–Trinajstić information content (AvgIpc) is 2.90. The zero-order valence-corrected chi connectivity index (χ0v) is 10.2. The Balaban J connectivity index is 1.92. The highest BCUT2D eigenvalue weighted by molar-refractivity contribution is 5.98. The van der Waals surface area contributed by atoms with Crippen LogP contribution in [-0.4, -0.2) is 16.5 Å². The Kier molecular flexibility index (Phi) is 2.98. The molecule has 3 rings (SSSR count). The topological polar surface area (TPSA) is 55.0 Å². The number of hydrogen-bond donors (Lipinski definition) is 1. The molecule has 0 bridgehead atoms. The van der Waals surface area contributed by atoms with E-state index in [9.17, 15) is 4.79 Å². The molecule has 1 heterocycles. The normalized spacial score (nSPS) is 10.5. The van der Waals surface area contributed by atoms with E-state index in [2.05, 4.69) is 10.2 Å². The zero-order chi connectivity index (χ0) is 13.1. The van der Waals surface area contributed by atoms with Crippen molar-refractivity contribution in [1.29, 1.82) is 0 Å². The van der Waals surface area contributed by atoms with Crippen molar-refractivity contribution in [1.82, 2.24) is 10.2 Å². The van der Waals surface area contributed by atoms with Gasteiger partial charge in [0, 0.05) is 0 Å². The summed E-state index contributed by atoms with van der Waals surface area (Å²) in [5.74, 6) is 0.664. The molecule has 0 aliphatic rings. The molecule has 0 fully saturated rings. The van der Waals surface area contributed by atoms with Gasteiger partial charge in [0.2, 0.25) is 0 Å². The van der Waals surface area contributed by atoms with Gasteiger partial charge >= 0.3 is 0 Å². The molecule has 19 heavy (non-hydrogen) atoms. The van der Waals surface area contributed by atoms with Gasteiger partial charge in [0.05, 0.1) is 10.9 Å². The minimum Gasteiger partial charge on any atom is -0.488 e. The smallest absolute Gasteiger partial charge is 0.168 e. The van der Waals surface area contributed by atoms with Crippen LogP contribution < -0.4 is 4.74 Å². The largest absolute Gasteiger partial charge is 0.488 e. The number of nitrogens with zero attached hydrogens (tertiary/aromatic N) is 1. The minimum atomic E-state index is 0.443. The van der Waals surface area contributed by atoms with Crippen LogP contribution in [0.1, 0.15) is 16.1 Å². The summed E-state index contributed by atoms with van der Waals surface area (Å²) in [5, 5.41) is 7.50. The van der Waals surface area contributed by atoms with Gasteiger partial charge in [-0.1, -0.05) is 36.4 Å². The molecule has 4 nitrogen and oxygen atoms in total. The molecule has 0 spiro atoms. The lowest BCUT2D eigenvalue weighted by molar-refractivity contribution is 0.112. The molecule has 0 saturated carbocycles. The molecule has 4 heteroatoms. The Hall–Kier alpha value is -2.62. The number of benzene rings is 2. The second-order valence-corrected chi connectivity index (χ2v) is 4.18. The summed E-state index contributed by atoms with van der Waals surface area (Å²) in [6.45, 7) is 0.462. The van der Waals surface area contributed by atoms with Crippen molar-refractivity contribution in [3.8, 4) is 5.75 Å². The molecule has 0 aliphatic heterocycles. The first-order valence-electron chi connectivity index (χ1n) is 5.97. The first-order valence-corrected chi connectivity index (χ1v) is 5.97. The van der Waals surface area contributed by atoms with Crippen molar-refractivity contribution in [2.75, 3.05) is 0 Å². The highest BCUT2D eigenvalue weighted by Crippen LogP contribution is 2.27. The molecule has 3 aromatic rings. The Labute approximate surface area is 110 Å². The van der Waals surface area contributed by atoms with Crippen molar-refractivity contribution in [3.05, 3.63) is 59.8 Å². The summed E-state index contributed by atoms with van der Waals surface area (Å²) in [5.41, 5.74) is 2.25. The van der Waals surface area contributed by atoms with E-state index in [1.807, 2.05) is 48.5 Å². The van der Waals surface area contributed by atoms with Gasteiger partial charge in [0.25, 0.3) is 0 Å². The lowest BCUT2D eigenvalue weighted by Crippen LogP contribution is -1.96. The number of rotatable bonds is 4. The van der Waals surface area contributed by atoms with E-state index in [1.165, 1.54) is 0 Å². The quantitative estimate of drug-likeness (QED) is 0.726. The third-order valence-corrected chi connectivity index (χ3v) is 2.93. The third kappa shape index (κ3) is 2.20. The van der Waals surface area contributed by atoms with Crippen LogP contribution in [0.3, 0.4) is 0 Å². The van der Waals surface area contributed by atoms with Gasteiger partial charge < -0.3 is 4.74 Å². The van der Waals surface area contributed by atoms with Gasteiger partial charge in [-0.05, 0) is 17.7 Å². The predicted octanol–water partition coefficient (Wildman–Crippen LogP) is 2.95. The molecule has 2 aromatic carbocycles. The van der Waals surface area contributed by atoms with Crippen molar-refractivity contribution in [3.63, 3.8) is 0 Å². The second kappa shape index (κ2) is 4.94. The van der Waals surface area contributed by atoms with Crippen LogP contribution in [0, 0.1) is 0 Å². The monoisotopic (exact) mass is 252 g/mol. The molecule has 0 aliphatic carbocycles. The van der Waals surface area contributed by atoms with Gasteiger partial charge in [-0.2, -0.15) is 5.10 Å².